The molecule has 0 unspecified atom stereocenters. The molecule has 23 heavy (non-hydrogen) atoms. The lowest BCUT2D eigenvalue weighted by molar-refractivity contribution is -0.134. The maximum Gasteiger partial charge on any atom is 0.311 e. The van der Waals surface area contributed by atoms with Crippen molar-refractivity contribution >= 4 is 17.6 Å². The third-order valence-electron chi connectivity index (χ3n) is 3.46. The van der Waals surface area contributed by atoms with Gasteiger partial charge in [-0.2, -0.15) is 0 Å². The van der Waals surface area contributed by atoms with E-state index in [4.69, 9.17) is 4.74 Å². The predicted octanol–water partition coefficient (Wildman–Crippen LogP) is 3.75. The molecule has 2 aromatic carbocycles. The number of esters is 1. The molecule has 120 valence electrons. The van der Waals surface area contributed by atoms with Crippen molar-refractivity contribution in [3.8, 4) is 5.75 Å². The Morgan fingerprint density at radius 3 is 2.13 bits per heavy atom. The van der Waals surface area contributed by atoms with Crippen LogP contribution in [0.5, 0.6) is 5.75 Å². The Bertz CT molecular complexity index is 660. The number of hydrogen-bond acceptors (Lipinski definition) is 3. The van der Waals surface area contributed by atoms with Crippen molar-refractivity contribution < 1.29 is 14.3 Å². The molecule has 4 heteroatoms. The second kappa shape index (κ2) is 8.13. The third kappa shape index (κ3) is 5.58. The van der Waals surface area contributed by atoms with Gasteiger partial charge in [-0.25, -0.2) is 0 Å². The van der Waals surface area contributed by atoms with Crippen molar-refractivity contribution in [3.05, 3.63) is 59.7 Å². The molecule has 0 saturated carbocycles. The van der Waals surface area contributed by atoms with E-state index in [1.165, 1.54) is 12.5 Å². The minimum absolute atomic E-state index is 0.135. The molecule has 0 fully saturated rings. The van der Waals surface area contributed by atoms with E-state index in [-0.39, 0.29) is 11.9 Å². The van der Waals surface area contributed by atoms with Crippen LogP contribution in [0.15, 0.2) is 48.5 Å². The first kappa shape index (κ1) is 16.7. The molecule has 0 aliphatic carbocycles. The maximum atomic E-state index is 11.9. The first-order chi connectivity index (χ1) is 11.1. The highest BCUT2D eigenvalue weighted by atomic mass is 16.5. The van der Waals surface area contributed by atoms with E-state index in [2.05, 4.69) is 24.4 Å². The van der Waals surface area contributed by atoms with Gasteiger partial charge in [-0.05, 0) is 48.2 Å². The van der Waals surface area contributed by atoms with Gasteiger partial charge in [0.05, 0.1) is 0 Å². The second-order valence-electron chi connectivity index (χ2n) is 5.35. The fourth-order valence-corrected chi connectivity index (χ4v) is 2.18. The number of nitrogens with one attached hydrogen (secondary N) is 1. The lowest BCUT2D eigenvalue weighted by Gasteiger charge is -2.06. The smallest absolute Gasteiger partial charge is 0.311 e. The van der Waals surface area contributed by atoms with Crippen LogP contribution in [0.3, 0.4) is 0 Å². The van der Waals surface area contributed by atoms with Crippen LogP contribution in [0.1, 0.15) is 31.4 Å². The highest BCUT2D eigenvalue weighted by Crippen LogP contribution is 2.16. The summed E-state index contributed by atoms with van der Waals surface area (Å²) in [6, 6.07) is 15.0. The molecule has 0 bridgehead atoms. The van der Waals surface area contributed by atoms with Gasteiger partial charge < -0.3 is 10.1 Å². The number of benzene rings is 2. The summed E-state index contributed by atoms with van der Waals surface area (Å²) >= 11 is 0. The van der Waals surface area contributed by atoms with Gasteiger partial charge in [0, 0.05) is 19.0 Å². The molecule has 1 amide bonds. The summed E-state index contributed by atoms with van der Waals surface area (Å²) in [6.07, 6.45) is 2.00. The SMILES string of the molecule is CCc1ccc(CCC(=O)Oc2ccc(NC(C)=O)cc2)cc1. The molecular formula is C19H21NO3. The molecular weight excluding hydrogens is 290 g/mol. The average molecular weight is 311 g/mol. The van der Waals surface area contributed by atoms with Crippen LogP contribution >= 0.6 is 0 Å². The van der Waals surface area contributed by atoms with Crippen LogP contribution in [-0.4, -0.2) is 11.9 Å². The van der Waals surface area contributed by atoms with Crippen LogP contribution in [0.25, 0.3) is 0 Å². The Morgan fingerprint density at radius 2 is 1.57 bits per heavy atom. The van der Waals surface area contributed by atoms with Gasteiger partial charge in [0.2, 0.25) is 5.91 Å². The van der Waals surface area contributed by atoms with E-state index in [1.807, 2.05) is 12.1 Å². The first-order valence-electron chi connectivity index (χ1n) is 7.73. The molecule has 0 atom stereocenters. The molecule has 0 heterocycles. The summed E-state index contributed by atoms with van der Waals surface area (Å²) in [5, 5.41) is 2.66. The molecule has 2 rings (SSSR count). The molecule has 0 aliphatic rings. The molecule has 1 N–H and O–H groups in total. The molecule has 0 saturated heterocycles. The highest BCUT2D eigenvalue weighted by molar-refractivity contribution is 5.88. The molecule has 2 aromatic rings. The topological polar surface area (TPSA) is 55.4 Å². The van der Waals surface area contributed by atoms with Crippen LogP contribution in [0, 0.1) is 0 Å². The van der Waals surface area contributed by atoms with Crippen LogP contribution in [0.2, 0.25) is 0 Å². The summed E-state index contributed by atoms with van der Waals surface area (Å²) in [5.41, 5.74) is 3.09. The van der Waals surface area contributed by atoms with Gasteiger partial charge >= 0.3 is 5.97 Å². The Balaban J connectivity index is 1.82. The molecule has 0 spiro atoms. The summed E-state index contributed by atoms with van der Waals surface area (Å²) < 4.78 is 5.29. The predicted molar refractivity (Wildman–Crippen MR) is 90.5 cm³/mol. The highest BCUT2D eigenvalue weighted by Gasteiger charge is 2.06. The number of hydrogen-bond donors (Lipinski definition) is 1. The fraction of sp³-hybridized carbons (Fsp3) is 0.263. The number of rotatable bonds is 6. The maximum absolute atomic E-state index is 11.9. The largest absolute Gasteiger partial charge is 0.427 e. The van der Waals surface area contributed by atoms with E-state index >= 15 is 0 Å². The lowest BCUT2D eigenvalue weighted by Crippen LogP contribution is -2.09. The number of aryl methyl sites for hydroxylation is 2. The lowest BCUT2D eigenvalue weighted by atomic mass is 10.1. The van der Waals surface area contributed by atoms with Crippen molar-refractivity contribution in [1.29, 1.82) is 0 Å². The standard InChI is InChI=1S/C19H21NO3/c1-3-15-4-6-16(7-5-15)8-13-19(22)23-18-11-9-17(10-12-18)20-14(2)21/h4-7,9-12H,3,8,13H2,1-2H3,(H,20,21). The van der Waals surface area contributed by atoms with Crippen LogP contribution in [-0.2, 0) is 22.4 Å². The number of anilines is 1. The summed E-state index contributed by atoms with van der Waals surface area (Å²) in [6.45, 7) is 3.56. The van der Waals surface area contributed by atoms with E-state index in [9.17, 15) is 9.59 Å². The van der Waals surface area contributed by atoms with Crippen LogP contribution < -0.4 is 10.1 Å². The summed E-state index contributed by atoms with van der Waals surface area (Å²) in [4.78, 5) is 22.8. The Kier molecular flexibility index (Phi) is 5.92. The zero-order valence-electron chi connectivity index (χ0n) is 13.5. The molecule has 0 aliphatic heterocycles. The van der Waals surface area contributed by atoms with Crippen molar-refractivity contribution in [1.82, 2.24) is 0 Å². The van der Waals surface area contributed by atoms with Crippen molar-refractivity contribution in [2.75, 3.05) is 5.32 Å². The number of carbonyl (C=O) groups excluding carboxylic acids is 2. The molecule has 0 radical (unpaired) electrons. The fourth-order valence-electron chi connectivity index (χ4n) is 2.18. The van der Waals surface area contributed by atoms with Crippen molar-refractivity contribution in [2.45, 2.75) is 33.1 Å². The Labute approximate surface area is 136 Å². The van der Waals surface area contributed by atoms with Gasteiger partial charge in [0.1, 0.15) is 5.75 Å². The Morgan fingerprint density at radius 1 is 0.957 bits per heavy atom. The van der Waals surface area contributed by atoms with Crippen LogP contribution in [0.4, 0.5) is 5.69 Å². The van der Waals surface area contributed by atoms with E-state index in [0.29, 0.717) is 24.3 Å². The van der Waals surface area contributed by atoms with Gasteiger partial charge in [-0.15, -0.1) is 0 Å². The number of ether oxygens (including phenoxy) is 1. The Hall–Kier alpha value is -2.62. The van der Waals surface area contributed by atoms with Gasteiger partial charge in [-0.3, -0.25) is 9.59 Å². The first-order valence-corrected chi connectivity index (χ1v) is 7.73. The normalized spacial score (nSPS) is 10.2. The number of carbonyl (C=O) groups is 2. The second-order valence-corrected chi connectivity index (χ2v) is 5.35. The number of amides is 1. The minimum Gasteiger partial charge on any atom is -0.427 e. The quantitative estimate of drug-likeness (QED) is 0.653. The van der Waals surface area contributed by atoms with E-state index in [0.717, 1.165) is 12.0 Å². The summed E-state index contributed by atoms with van der Waals surface area (Å²) in [5.74, 6) is 0.0751. The van der Waals surface area contributed by atoms with E-state index in [1.54, 1.807) is 24.3 Å². The zero-order chi connectivity index (χ0) is 16.7. The van der Waals surface area contributed by atoms with E-state index < -0.39 is 0 Å². The average Bonchev–Trinajstić information content (AvgIpc) is 2.55. The zero-order valence-corrected chi connectivity index (χ0v) is 13.5. The molecule has 0 aromatic heterocycles. The van der Waals surface area contributed by atoms with Crippen molar-refractivity contribution in [2.24, 2.45) is 0 Å². The minimum atomic E-state index is -0.267. The monoisotopic (exact) mass is 311 g/mol. The van der Waals surface area contributed by atoms with Gasteiger partial charge in [-0.1, -0.05) is 31.2 Å². The third-order valence-corrected chi connectivity index (χ3v) is 3.46. The van der Waals surface area contributed by atoms with Gasteiger partial charge in [0.15, 0.2) is 0 Å². The molecule has 4 nitrogen and oxygen atoms in total. The van der Waals surface area contributed by atoms with Gasteiger partial charge in [0.25, 0.3) is 0 Å². The van der Waals surface area contributed by atoms with Crippen molar-refractivity contribution in [3.63, 3.8) is 0 Å². The summed E-state index contributed by atoms with van der Waals surface area (Å²) in [7, 11) is 0.